The first kappa shape index (κ1) is 13.8. The monoisotopic (exact) mass is 300 g/mol. The van der Waals surface area contributed by atoms with E-state index in [1.54, 1.807) is 0 Å². The van der Waals surface area contributed by atoms with Crippen LogP contribution in [0.5, 0.6) is 5.75 Å². The molecule has 3 aromatic rings. The molecule has 0 aromatic heterocycles. The fraction of sp³-hybridized carbons (Fsp3) is 0.0952. The molecule has 0 fully saturated rings. The van der Waals surface area contributed by atoms with Crippen LogP contribution in [-0.4, -0.2) is 5.78 Å². The third-order valence-corrected chi connectivity index (χ3v) is 4.19. The number of aryl methyl sites for hydroxylation is 1. The summed E-state index contributed by atoms with van der Waals surface area (Å²) in [5.41, 5.74) is 5.75. The summed E-state index contributed by atoms with van der Waals surface area (Å²) in [4.78, 5) is 12.6. The Morgan fingerprint density at radius 3 is 2.26 bits per heavy atom. The number of carbonyl (C=O) groups excluding carboxylic acids is 1. The van der Waals surface area contributed by atoms with Gasteiger partial charge in [0.15, 0.2) is 5.78 Å². The van der Waals surface area contributed by atoms with E-state index in [1.165, 1.54) is 0 Å². The van der Waals surface area contributed by atoms with Gasteiger partial charge in [-0.3, -0.25) is 4.79 Å². The summed E-state index contributed by atoms with van der Waals surface area (Å²) in [5, 5.41) is 0. The lowest BCUT2D eigenvalue weighted by atomic mass is 10.0. The average Bonchev–Trinajstić information content (AvgIpc) is 2.86. The standard InChI is InChI=1S/C21H16O2/c1-14-7-9-17-18-10-8-16(12-20(18)21(22)19(17)11-14)23-13-15-5-3-2-4-6-15/h2-12H,13H2,1H3. The van der Waals surface area contributed by atoms with E-state index in [2.05, 4.69) is 0 Å². The number of ketones is 1. The molecule has 0 bridgehead atoms. The van der Waals surface area contributed by atoms with Crippen LogP contribution in [0.1, 0.15) is 27.0 Å². The Hall–Kier alpha value is -2.87. The van der Waals surface area contributed by atoms with Crippen LogP contribution in [0.25, 0.3) is 11.1 Å². The van der Waals surface area contributed by atoms with Crippen molar-refractivity contribution in [2.24, 2.45) is 0 Å². The molecule has 0 atom stereocenters. The predicted molar refractivity (Wildman–Crippen MR) is 90.8 cm³/mol. The number of hydrogen-bond acceptors (Lipinski definition) is 2. The third kappa shape index (κ3) is 2.42. The molecule has 0 heterocycles. The van der Waals surface area contributed by atoms with E-state index in [9.17, 15) is 4.79 Å². The number of rotatable bonds is 3. The Morgan fingerprint density at radius 1 is 0.783 bits per heavy atom. The minimum absolute atomic E-state index is 0.0869. The maximum atomic E-state index is 12.6. The van der Waals surface area contributed by atoms with Gasteiger partial charge in [-0.15, -0.1) is 0 Å². The first-order valence-corrected chi connectivity index (χ1v) is 7.69. The minimum Gasteiger partial charge on any atom is -0.489 e. The highest BCUT2D eigenvalue weighted by molar-refractivity contribution is 6.21. The molecule has 0 saturated carbocycles. The molecular weight excluding hydrogens is 284 g/mol. The van der Waals surface area contributed by atoms with Crippen LogP contribution < -0.4 is 4.74 Å². The maximum absolute atomic E-state index is 12.6. The van der Waals surface area contributed by atoms with Crippen LogP contribution in [0.15, 0.2) is 66.7 Å². The highest BCUT2D eigenvalue weighted by Crippen LogP contribution is 2.38. The van der Waals surface area contributed by atoms with Crippen molar-refractivity contribution in [1.29, 1.82) is 0 Å². The van der Waals surface area contributed by atoms with Crippen molar-refractivity contribution in [1.82, 2.24) is 0 Å². The Bertz CT molecular complexity index is 895. The van der Waals surface area contributed by atoms with Gasteiger partial charge in [-0.05, 0) is 47.9 Å². The fourth-order valence-electron chi connectivity index (χ4n) is 3.00. The number of benzene rings is 3. The van der Waals surface area contributed by atoms with Crippen molar-refractivity contribution in [3.8, 4) is 16.9 Å². The summed E-state index contributed by atoms with van der Waals surface area (Å²) in [6, 6.07) is 21.8. The Labute approximate surface area is 135 Å². The number of hydrogen-bond donors (Lipinski definition) is 0. The van der Waals surface area contributed by atoms with Gasteiger partial charge in [0.25, 0.3) is 0 Å². The highest BCUT2D eigenvalue weighted by atomic mass is 16.5. The quantitative estimate of drug-likeness (QED) is 0.544. The van der Waals surface area contributed by atoms with E-state index in [1.807, 2.05) is 73.7 Å². The minimum atomic E-state index is 0.0869. The van der Waals surface area contributed by atoms with Gasteiger partial charge >= 0.3 is 0 Å². The molecule has 0 unspecified atom stereocenters. The molecule has 0 saturated heterocycles. The summed E-state index contributed by atoms with van der Waals surface area (Å²) in [5.74, 6) is 0.814. The summed E-state index contributed by atoms with van der Waals surface area (Å²) < 4.78 is 5.84. The van der Waals surface area contributed by atoms with Crippen LogP contribution >= 0.6 is 0 Å². The van der Waals surface area contributed by atoms with E-state index in [-0.39, 0.29) is 5.78 Å². The summed E-state index contributed by atoms with van der Waals surface area (Å²) >= 11 is 0. The molecule has 2 nitrogen and oxygen atoms in total. The first-order chi connectivity index (χ1) is 11.2. The van der Waals surface area contributed by atoms with Gasteiger partial charge < -0.3 is 4.74 Å². The second kappa shape index (κ2) is 5.40. The Kier molecular flexibility index (Phi) is 3.23. The third-order valence-electron chi connectivity index (χ3n) is 4.19. The van der Waals surface area contributed by atoms with E-state index in [4.69, 9.17) is 4.74 Å². The van der Waals surface area contributed by atoms with Crippen molar-refractivity contribution in [3.63, 3.8) is 0 Å². The molecule has 0 amide bonds. The maximum Gasteiger partial charge on any atom is 0.194 e. The zero-order chi connectivity index (χ0) is 15.8. The number of ether oxygens (including phenoxy) is 1. The van der Waals surface area contributed by atoms with Crippen LogP contribution in [0.4, 0.5) is 0 Å². The van der Waals surface area contributed by atoms with Gasteiger partial charge in [0.1, 0.15) is 12.4 Å². The molecule has 23 heavy (non-hydrogen) atoms. The van der Waals surface area contributed by atoms with Gasteiger partial charge in [-0.2, -0.15) is 0 Å². The van der Waals surface area contributed by atoms with Gasteiger partial charge in [0, 0.05) is 11.1 Å². The van der Waals surface area contributed by atoms with Crippen LogP contribution in [-0.2, 0) is 6.61 Å². The lowest BCUT2D eigenvalue weighted by Crippen LogP contribution is -1.98. The highest BCUT2D eigenvalue weighted by Gasteiger charge is 2.26. The predicted octanol–water partition coefficient (Wildman–Crippen LogP) is 4.79. The lowest BCUT2D eigenvalue weighted by molar-refractivity contribution is 0.104. The molecule has 3 aromatic carbocycles. The molecule has 1 aliphatic rings. The first-order valence-electron chi connectivity index (χ1n) is 7.69. The molecule has 112 valence electrons. The van der Waals surface area contributed by atoms with Gasteiger partial charge in [0.05, 0.1) is 0 Å². The van der Waals surface area contributed by atoms with Gasteiger partial charge in [0.2, 0.25) is 0 Å². The van der Waals surface area contributed by atoms with E-state index in [0.29, 0.717) is 6.61 Å². The van der Waals surface area contributed by atoms with Crippen LogP contribution in [0.3, 0.4) is 0 Å². The summed E-state index contributed by atoms with van der Waals surface area (Å²) in [7, 11) is 0. The zero-order valence-electron chi connectivity index (χ0n) is 12.9. The number of carbonyl (C=O) groups is 1. The lowest BCUT2D eigenvalue weighted by Gasteiger charge is -2.08. The second-order valence-electron chi connectivity index (χ2n) is 5.86. The zero-order valence-corrected chi connectivity index (χ0v) is 12.9. The molecule has 2 heteroatoms. The van der Waals surface area contributed by atoms with E-state index < -0.39 is 0 Å². The molecule has 0 spiro atoms. The van der Waals surface area contributed by atoms with E-state index in [0.717, 1.165) is 39.1 Å². The molecule has 4 rings (SSSR count). The Balaban J connectivity index is 1.63. The summed E-state index contributed by atoms with van der Waals surface area (Å²) in [6.45, 7) is 2.50. The molecule has 0 aliphatic heterocycles. The van der Waals surface area contributed by atoms with Gasteiger partial charge in [-0.25, -0.2) is 0 Å². The number of fused-ring (bicyclic) bond motifs is 3. The topological polar surface area (TPSA) is 26.3 Å². The second-order valence-corrected chi connectivity index (χ2v) is 5.86. The molecule has 1 aliphatic carbocycles. The average molecular weight is 300 g/mol. The summed E-state index contributed by atoms with van der Waals surface area (Å²) in [6.07, 6.45) is 0. The van der Waals surface area contributed by atoms with Crippen molar-refractivity contribution in [2.75, 3.05) is 0 Å². The van der Waals surface area contributed by atoms with Gasteiger partial charge in [-0.1, -0.05) is 48.0 Å². The van der Waals surface area contributed by atoms with Crippen LogP contribution in [0.2, 0.25) is 0 Å². The normalized spacial score (nSPS) is 12.0. The SMILES string of the molecule is Cc1ccc2c(c1)C(=O)c1cc(OCc3ccccc3)ccc1-2. The smallest absolute Gasteiger partial charge is 0.194 e. The van der Waals surface area contributed by atoms with Crippen molar-refractivity contribution in [2.45, 2.75) is 13.5 Å². The Morgan fingerprint density at radius 2 is 1.48 bits per heavy atom. The largest absolute Gasteiger partial charge is 0.489 e. The van der Waals surface area contributed by atoms with Crippen molar-refractivity contribution >= 4 is 5.78 Å². The van der Waals surface area contributed by atoms with E-state index >= 15 is 0 Å². The molecule has 0 N–H and O–H groups in total. The van der Waals surface area contributed by atoms with Crippen molar-refractivity contribution in [3.05, 3.63) is 89.0 Å². The molecule has 0 radical (unpaired) electrons. The molecular formula is C21H16O2. The fourth-order valence-corrected chi connectivity index (χ4v) is 3.00. The van der Waals surface area contributed by atoms with Crippen LogP contribution in [0, 0.1) is 6.92 Å². The van der Waals surface area contributed by atoms with Crippen molar-refractivity contribution < 1.29 is 9.53 Å².